The molecule has 0 bridgehead atoms. The Morgan fingerprint density at radius 3 is 2.60 bits per heavy atom. The summed E-state index contributed by atoms with van der Waals surface area (Å²) >= 11 is 9.63. The molecule has 0 unspecified atom stereocenters. The third-order valence-corrected chi connectivity index (χ3v) is 7.35. The Kier molecular flexibility index (Phi) is 8.57. The molecule has 3 rings (SSSR count). The lowest BCUT2D eigenvalue weighted by Crippen LogP contribution is -2.33. The van der Waals surface area contributed by atoms with E-state index in [1.165, 1.54) is 4.90 Å². The van der Waals surface area contributed by atoms with Crippen LogP contribution in [-0.4, -0.2) is 48.7 Å². The summed E-state index contributed by atoms with van der Waals surface area (Å²) in [5, 5.41) is 1.48. The number of anilines is 1. The van der Waals surface area contributed by atoms with Gasteiger partial charge in [0, 0.05) is 22.9 Å². The number of benzene rings is 2. The van der Waals surface area contributed by atoms with Crippen LogP contribution in [0.15, 0.2) is 47.4 Å². The van der Waals surface area contributed by atoms with Gasteiger partial charge in [0.1, 0.15) is 0 Å². The number of carbonyl (C=O) groups excluding carboxylic acids is 1. The molecule has 1 amide bonds. The van der Waals surface area contributed by atoms with Gasteiger partial charge in [-0.3, -0.25) is 9.69 Å². The quantitative estimate of drug-likeness (QED) is 0.269. The van der Waals surface area contributed by atoms with Gasteiger partial charge in [-0.1, -0.05) is 41.1 Å². The van der Waals surface area contributed by atoms with E-state index in [4.69, 9.17) is 16.6 Å². The lowest BCUT2D eigenvalue weighted by atomic mass is 10.2. The number of aryl methyl sites for hydroxylation is 1. The second-order valence-electron chi connectivity index (χ2n) is 7.48. The third-order valence-electron chi connectivity index (χ3n) is 4.80. The molecule has 0 radical (unpaired) electrons. The number of thioether (sulfide) groups is 1. The molecular weight excluding hydrogens is 434 g/mol. The van der Waals surface area contributed by atoms with Gasteiger partial charge in [0.05, 0.1) is 10.2 Å². The van der Waals surface area contributed by atoms with Crippen LogP contribution in [0.3, 0.4) is 0 Å². The van der Waals surface area contributed by atoms with Gasteiger partial charge in [-0.25, -0.2) is 4.98 Å². The van der Waals surface area contributed by atoms with E-state index in [9.17, 15) is 4.79 Å². The molecule has 0 atom stereocenters. The van der Waals surface area contributed by atoms with Crippen molar-refractivity contribution >= 4 is 56.0 Å². The topological polar surface area (TPSA) is 36.4 Å². The number of aromatic nitrogens is 1. The second kappa shape index (κ2) is 11.1. The molecule has 3 aromatic rings. The fourth-order valence-corrected chi connectivity index (χ4v) is 5.24. The van der Waals surface area contributed by atoms with E-state index < -0.39 is 0 Å². The predicted octanol–water partition coefficient (Wildman–Crippen LogP) is 6.12. The summed E-state index contributed by atoms with van der Waals surface area (Å²) in [5.74, 6) is 1.07. The molecular formula is C23H28ClN3OS2. The van der Waals surface area contributed by atoms with Crippen molar-refractivity contribution in [3.8, 4) is 0 Å². The van der Waals surface area contributed by atoms with Crippen LogP contribution in [0.4, 0.5) is 5.13 Å². The Bertz CT molecular complexity index is 975. The van der Waals surface area contributed by atoms with Crippen molar-refractivity contribution in [1.29, 1.82) is 0 Å². The maximum Gasteiger partial charge on any atom is 0.228 e. The SMILES string of the molecule is Cc1c(Cl)ccc2sc(N(CCCN(C)C)C(=O)CCCSc3ccccc3)nc12. The summed E-state index contributed by atoms with van der Waals surface area (Å²) in [5.41, 5.74) is 1.86. The molecule has 0 spiro atoms. The van der Waals surface area contributed by atoms with Crippen LogP contribution in [0.1, 0.15) is 24.8 Å². The smallest absolute Gasteiger partial charge is 0.228 e. The number of thiazole rings is 1. The Morgan fingerprint density at radius 1 is 1.10 bits per heavy atom. The molecule has 160 valence electrons. The molecule has 1 aromatic heterocycles. The van der Waals surface area contributed by atoms with Crippen LogP contribution in [0.5, 0.6) is 0 Å². The highest BCUT2D eigenvalue weighted by Gasteiger charge is 2.20. The molecule has 30 heavy (non-hydrogen) atoms. The Balaban J connectivity index is 1.68. The summed E-state index contributed by atoms with van der Waals surface area (Å²) < 4.78 is 1.07. The summed E-state index contributed by atoms with van der Waals surface area (Å²) in [6, 6.07) is 14.2. The zero-order chi connectivity index (χ0) is 21.5. The number of hydrogen-bond acceptors (Lipinski definition) is 5. The van der Waals surface area contributed by atoms with E-state index >= 15 is 0 Å². The van der Waals surface area contributed by atoms with Crippen molar-refractivity contribution < 1.29 is 4.79 Å². The van der Waals surface area contributed by atoms with Gasteiger partial charge in [0.2, 0.25) is 5.91 Å². The molecule has 7 heteroatoms. The first-order valence-corrected chi connectivity index (χ1v) is 12.3. The zero-order valence-electron chi connectivity index (χ0n) is 17.7. The lowest BCUT2D eigenvalue weighted by molar-refractivity contribution is -0.118. The predicted molar refractivity (Wildman–Crippen MR) is 131 cm³/mol. The van der Waals surface area contributed by atoms with Crippen molar-refractivity contribution in [2.24, 2.45) is 0 Å². The highest BCUT2D eigenvalue weighted by Crippen LogP contribution is 2.34. The fourth-order valence-electron chi connectivity index (χ4n) is 3.14. The van der Waals surface area contributed by atoms with E-state index in [0.29, 0.717) is 18.0 Å². The number of halogens is 1. The van der Waals surface area contributed by atoms with Gasteiger partial charge in [-0.05, 0) is 76.0 Å². The standard InChI is InChI=1S/C23H28ClN3OS2/c1-17-19(24)12-13-20-22(17)25-23(30-20)27(15-8-14-26(2)3)21(28)11-7-16-29-18-9-5-4-6-10-18/h4-6,9-10,12-13H,7-8,11,14-16H2,1-3H3. The molecule has 0 aliphatic rings. The van der Waals surface area contributed by atoms with Gasteiger partial charge in [-0.2, -0.15) is 0 Å². The molecule has 0 fully saturated rings. The van der Waals surface area contributed by atoms with Crippen LogP contribution in [0.25, 0.3) is 10.2 Å². The van der Waals surface area contributed by atoms with E-state index in [-0.39, 0.29) is 5.91 Å². The van der Waals surface area contributed by atoms with Crippen molar-refractivity contribution in [3.63, 3.8) is 0 Å². The largest absolute Gasteiger partial charge is 0.309 e. The second-order valence-corrected chi connectivity index (χ2v) is 10.1. The van der Waals surface area contributed by atoms with Crippen molar-refractivity contribution in [3.05, 3.63) is 53.1 Å². The first kappa shape index (κ1) is 23.1. The normalized spacial score (nSPS) is 11.4. The minimum absolute atomic E-state index is 0.144. The van der Waals surface area contributed by atoms with E-state index in [1.807, 2.05) is 42.2 Å². The van der Waals surface area contributed by atoms with Crippen LogP contribution in [0, 0.1) is 6.92 Å². The average molecular weight is 462 g/mol. The zero-order valence-corrected chi connectivity index (χ0v) is 20.1. The summed E-state index contributed by atoms with van der Waals surface area (Å²) in [6.07, 6.45) is 2.28. The molecule has 0 aliphatic heterocycles. The van der Waals surface area contributed by atoms with Crippen LogP contribution in [-0.2, 0) is 4.79 Å². The molecule has 1 heterocycles. The molecule has 4 nitrogen and oxygen atoms in total. The first-order chi connectivity index (χ1) is 14.5. The van der Waals surface area contributed by atoms with Crippen molar-refractivity contribution in [1.82, 2.24) is 9.88 Å². The molecule has 0 saturated carbocycles. The molecule has 0 N–H and O–H groups in total. The highest BCUT2D eigenvalue weighted by molar-refractivity contribution is 7.99. The number of rotatable bonds is 10. The number of hydrogen-bond donors (Lipinski definition) is 0. The Morgan fingerprint density at radius 2 is 1.87 bits per heavy atom. The van der Waals surface area contributed by atoms with Crippen LogP contribution < -0.4 is 4.90 Å². The first-order valence-electron chi connectivity index (χ1n) is 10.1. The van der Waals surface area contributed by atoms with E-state index in [1.54, 1.807) is 23.1 Å². The Labute approximate surface area is 192 Å². The van der Waals surface area contributed by atoms with Crippen molar-refractivity contribution in [2.45, 2.75) is 31.1 Å². The fraction of sp³-hybridized carbons (Fsp3) is 0.391. The third kappa shape index (κ3) is 6.20. The van der Waals surface area contributed by atoms with E-state index in [0.717, 1.165) is 46.1 Å². The summed E-state index contributed by atoms with van der Waals surface area (Å²) in [4.78, 5) is 23.1. The number of amides is 1. The van der Waals surface area contributed by atoms with Crippen LogP contribution in [0.2, 0.25) is 5.02 Å². The van der Waals surface area contributed by atoms with Gasteiger partial charge < -0.3 is 4.90 Å². The maximum absolute atomic E-state index is 13.1. The van der Waals surface area contributed by atoms with Crippen LogP contribution >= 0.6 is 34.7 Å². The number of fused-ring (bicyclic) bond motifs is 1. The van der Waals surface area contributed by atoms with E-state index in [2.05, 4.69) is 31.1 Å². The Hall–Kier alpha value is -1.60. The minimum atomic E-state index is 0.144. The summed E-state index contributed by atoms with van der Waals surface area (Å²) in [6.45, 7) is 3.59. The lowest BCUT2D eigenvalue weighted by Gasteiger charge is -2.21. The average Bonchev–Trinajstić information content (AvgIpc) is 3.16. The number of carbonyl (C=O) groups is 1. The van der Waals surface area contributed by atoms with Gasteiger partial charge in [0.25, 0.3) is 0 Å². The van der Waals surface area contributed by atoms with Crippen molar-refractivity contribution in [2.75, 3.05) is 37.8 Å². The maximum atomic E-state index is 13.1. The van der Waals surface area contributed by atoms with Gasteiger partial charge in [-0.15, -0.1) is 11.8 Å². The molecule has 0 saturated heterocycles. The minimum Gasteiger partial charge on any atom is -0.309 e. The van der Waals surface area contributed by atoms with Gasteiger partial charge >= 0.3 is 0 Å². The highest BCUT2D eigenvalue weighted by atomic mass is 35.5. The monoisotopic (exact) mass is 461 g/mol. The number of nitrogens with zero attached hydrogens (tertiary/aromatic N) is 3. The molecule has 0 aliphatic carbocycles. The van der Waals surface area contributed by atoms with Gasteiger partial charge in [0.15, 0.2) is 5.13 Å². The molecule has 2 aromatic carbocycles. The summed E-state index contributed by atoms with van der Waals surface area (Å²) in [7, 11) is 4.10.